The van der Waals surface area contributed by atoms with Crippen LogP contribution in [-0.2, 0) is 0 Å². The van der Waals surface area contributed by atoms with Gasteiger partial charge in [0.05, 0.1) is 7.11 Å². The molecule has 0 fully saturated rings. The molecule has 1 N–H and O–H groups in total. The monoisotopic (exact) mass is 296 g/mol. The zero-order valence-electron chi connectivity index (χ0n) is 12.6. The Morgan fingerprint density at radius 1 is 1.14 bits per heavy atom. The molecule has 0 aliphatic carbocycles. The summed E-state index contributed by atoms with van der Waals surface area (Å²) in [5, 5.41) is 10.2. The highest BCUT2D eigenvalue weighted by Gasteiger charge is 2.35. The van der Waals surface area contributed by atoms with Gasteiger partial charge in [0.15, 0.2) is 5.76 Å². The van der Waals surface area contributed by atoms with Crippen LogP contribution in [0.4, 0.5) is 0 Å². The fourth-order valence-corrected chi connectivity index (χ4v) is 2.64. The third-order valence-corrected chi connectivity index (χ3v) is 3.81. The van der Waals surface area contributed by atoms with Crippen LogP contribution in [0.5, 0.6) is 17.2 Å². The first kappa shape index (κ1) is 14.2. The maximum atomic E-state index is 12.6. The molecule has 0 atom stereocenters. The molecule has 1 aliphatic heterocycles. The van der Waals surface area contributed by atoms with Crippen molar-refractivity contribution in [1.29, 1.82) is 0 Å². The molecule has 0 aromatic heterocycles. The third kappa shape index (κ3) is 2.04. The number of benzene rings is 2. The van der Waals surface area contributed by atoms with E-state index in [9.17, 15) is 9.90 Å². The number of carbonyl (C=O) groups is 1. The first-order valence-electron chi connectivity index (χ1n) is 6.94. The van der Waals surface area contributed by atoms with Gasteiger partial charge in [-0.1, -0.05) is 30.3 Å². The molecule has 0 saturated heterocycles. The zero-order chi connectivity index (χ0) is 15.9. The minimum absolute atomic E-state index is 0.0874. The molecule has 0 radical (unpaired) electrons. The van der Waals surface area contributed by atoms with Gasteiger partial charge in [0.2, 0.25) is 5.78 Å². The number of ether oxygens (including phenoxy) is 2. The van der Waals surface area contributed by atoms with Gasteiger partial charge in [0.1, 0.15) is 22.8 Å². The molecule has 0 unspecified atom stereocenters. The van der Waals surface area contributed by atoms with Gasteiger partial charge in [-0.2, -0.15) is 0 Å². The van der Waals surface area contributed by atoms with Crippen molar-refractivity contribution in [2.75, 3.05) is 7.11 Å². The fraction of sp³-hybridized carbons (Fsp3) is 0.167. The van der Waals surface area contributed by atoms with Crippen LogP contribution in [0, 0.1) is 13.8 Å². The van der Waals surface area contributed by atoms with Crippen molar-refractivity contribution >= 4 is 11.9 Å². The van der Waals surface area contributed by atoms with Gasteiger partial charge in [-0.25, -0.2) is 0 Å². The maximum Gasteiger partial charge on any atom is 0.235 e. The van der Waals surface area contributed by atoms with E-state index in [4.69, 9.17) is 9.47 Å². The summed E-state index contributed by atoms with van der Waals surface area (Å²) < 4.78 is 11.0. The van der Waals surface area contributed by atoms with Crippen LogP contribution in [0.1, 0.15) is 27.0 Å². The number of methoxy groups -OCH3 is 1. The van der Waals surface area contributed by atoms with E-state index in [2.05, 4.69) is 0 Å². The molecule has 0 spiro atoms. The van der Waals surface area contributed by atoms with Gasteiger partial charge in [-0.05, 0) is 25.5 Å². The van der Waals surface area contributed by atoms with E-state index in [1.165, 1.54) is 7.11 Å². The van der Waals surface area contributed by atoms with Crippen molar-refractivity contribution in [3.05, 3.63) is 58.3 Å². The van der Waals surface area contributed by atoms with Crippen molar-refractivity contribution in [2.45, 2.75) is 13.8 Å². The van der Waals surface area contributed by atoms with Crippen LogP contribution in [-0.4, -0.2) is 18.0 Å². The van der Waals surface area contributed by atoms with E-state index in [-0.39, 0.29) is 17.3 Å². The minimum Gasteiger partial charge on any atom is -0.507 e. The van der Waals surface area contributed by atoms with Gasteiger partial charge in [0, 0.05) is 11.1 Å². The number of allylic oxidation sites excluding steroid dienone is 1. The van der Waals surface area contributed by atoms with E-state index in [0.717, 1.165) is 5.56 Å². The maximum absolute atomic E-state index is 12.6. The molecule has 1 aliphatic rings. The standard InChI is InChI=1S/C18H16O4/c1-10-15(19)11(2)18-14(17(10)21-3)16(20)13(22-18)9-12-7-5-4-6-8-12/h4-9,19H,1-3H3/b13-9-. The molecule has 112 valence electrons. The summed E-state index contributed by atoms with van der Waals surface area (Å²) in [4.78, 5) is 12.6. The van der Waals surface area contributed by atoms with Crippen LogP contribution >= 0.6 is 0 Å². The van der Waals surface area contributed by atoms with Crippen molar-refractivity contribution < 1.29 is 19.4 Å². The Labute approximate surface area is 128 Å². The Morgan fingerprint density at radius 3 is 2.45 bits per heavy atom. The summed E-state index contributed by atoms with van der Waals surface area (Å²) in [6.45, 7) is 3.44. The first-order chi connectivity index (χ1) is 10.5. The van der Waals surface area contributed by atoms with Crippen molar-refractivity contribution in [3.63, 3.8) is 0 Å². The number of hydrogen-bond donors (Lipinski definition) is 1. The summed E-state index contributed by atoms with van der Waals surface area (Å²) >= 11 is 0. The molecule has 2 aromatic rings. The lowest BCUT2D eigenvalue weighted by Crippen LogP contribution is -2.01. The lowest BCUT2D eigenvalue weighted by atomic mass is 10.00. The van der Waals surface area contributed by atoms with Gasteiger partial charge in [-0.3, -0.25) is 4.79 Å². The number of hydrogen-bond acceptors (Lipinski definition) is 4. The second kappa shape index (κ2) is 5.22. The quantitative estimate of drug-likeness (QED) is 0.860. The summed E-state index contributed by atoms with van der Waals surface area (Å²) in [6.07, 6.45) is 1.69. The Balaban J connectivity index is 2.16. The number of ketones is 1. The largest absolute Gasteiger partial charge is 0.507 e. The number of phenolic OH excluding ortho intramolecular Hbond substituents is 1. The molecule has 3 rings (SSSR count). The molecule has 2 aromatic carbocycles. The van der Waals surface area contributed by atoms with Crippen molar-refractivity contribution in [1.82, 2.24) is 0 Å². The fourth-order valence-electron chi connectivity index (χ4n) is 2.64. The highest BCUT2D eigenvalue weighted by atomic mass is 16.5. The van der Waals surface area contributed by atoms with Gasteiger partial charge in [0.25, 0.3) is 0 Å². The van der Waals surface area contributed by atoms with E-state index < -0.39 is 0 Å². The second-order valence-electron chi connectivity index (χ2n) is 5.19. The van der Waals surface area contributed by atoms with E-state index >= 15 is 0 Å². The van der Waals surface area contributed by atoms with Crippen molar-refractivity contribution in [2.24, 2.45) is 0 Å². The predicted molar refractivity (Wildman–Crippen MR) is 83.5 cm³/mol. The van der Waals surface area contributed by atoms with Crippen molar-refractivity contribution in [3.8, 4) is 17.2 Å². The lowest BCUT2D eigenvalue weighted by molar-refractivity contribution is 0.101. The average molecular weight is 296 g/mol. The van der Waals surface area contributed by atoms with Gasteiger partial charge in [-0.15, -0.1) is 0 Å². The Kier molecular flexibility index (Phi) is 3.37. The van der Waals surface area contributed by atoms with Crippen LogP contribution in [0.15, 0.2) is 36.1 Å². The van der Waals surface area contributed by atoms with E-state index in [1.54, 1.807) is 19.9 Å². The molecule has 0 amide bonds. The number of rotatable bonds is 2. The molecular formula is C18H16O4. The number of Topliss-reactive ketones (excluding diaryl/α,β-unsaturated/α-hetero) is 1. The molecule has 0 bridgehead atoms. The van der Waals surface area contributed by atoms with E-state index in [1.807, 2.05) is 30.3 Å². The SMILES string of the molecule is COc1c(C)c(O)c(C)c2c1C(=O)/C(=C/c1ccccc1)O2. The Morgan fingerprint density at radius 2 is 1.82 bits per heavy atom. The molecule has 22 heavy (non-hydrogen) atoms. The highest BCUT2D eigenvalue weighted by molar-refractivity contribution is 6.17. The highest BCUT2D eigenvalue weighted by Crippen LogP contribution is 2.47. The molecule has 0 saturated carbocycles. The summed E-state index contributed by atoms with van der Waals surface area (Å²) in [5.41, 5.74) is 2.32. The average Bonchev–Trinajstić information content (AvgIpc) is 2.84. The number of aromatic hydroxyl groups is 1. The summed E-state index contributed by atoms with van der Waals surface area (Å²) in [7, 11) is 1.48. The molecular weight excluding hydrogens is 280 g/mol. The minimum atomic E-state index is -0.234. The van der Waals surface area contributed by atoms with Crippen LogP contribution in [0.25, 0.3) is 6.08 Å². The lowest BCUT2D eigenvalue weighted by Gasteiger charge is -2.12. The Bertz CT molecular complexity index is 789. The molecule has 4 nitrogen and oxygen atoms in total. The number of phenols is 1. The van der Waals surface area contributed by atoms with Crippen LogP contribution in [0.2, 0.25) is 0 Å². The number of carbonyl (C=O) groups excluding carboxylic acids is 1. The van der Waals surface area contributed by atoms with Gasteiger partial charge >= 0.3 is 0 Å². The van der Waals surface area contributed by atoms with Crippen LogP contribution in [0.3, 0.4) is 0 Å². The first-order valence-corrected chi connectivity index (χ1v) is 6.94. The van der Waals surface area contributed by atoms with E-state index in [0.29, 0.717) is 28.2 Å². The number of fused-ring (bicyclic) bond motifs is 1. The summed E-state index contributed by atoms with van der Waals surface area (Å²) in [5.74, 6) is 0.811. The smallest absolute Gasteiger partial charge is 0.235 e. The normalized spacial score (nSPS) is 14.9. The molecule has 1 heterocycles. The molecule has 4 heteroatoms. The topological polar surface area (TPSA) is 55.8 Å². The van der Waals surface area contributed by atoms with Gasteiger partial charge < -0.3 is 14.6 Å². The second-order valence-corrected chi connectivity index (χ2v) is 5.19. The summed E-state index contributed by atoms with van der Waals surface area (Å²) in [6, 6.07) is 9.46. The third-order valence-electron chi connectivity index (χ3n) is 3.81. The predicted octanol–water partition coefficient (Wildman–Crippen LogP) is 3.63. The zero-order valence-corrected chi connectivity index (χ0v) is 12.6. The van der Waals surface area contributed by atoms with Crippen LogP contribution < -0.4 is 9.47 Å². The Hall–Kier alpha value is -2.75.